The molecule has 1 heterocycles. The Kier molecular flexibility index (Phi) is 5.73. The van der Waals surface area contributed by atoms with Crippen molar-refractivity contribution in [1.29, 1.82) is 0 Å². The number of Topliss-reactive ketones (excluding diaryl/α,β-unsaturated/α-hetero) is 1. The molecule has 2 aromatic carbocycles. The third-order valence-corrected chi connectivity index (χ3v) is 4.98. The number of anilines is 1. The van der Waals surface area contributed by atoms with Gasteiger partial charge < -0.3 is 9.64 Å². The predicted octanol–water partition coefficient (Wildman–Crippen LogP) is 3.58. The highest BCUT2D eigenvalue weighted by molar-refractivity contribution is 7.98. The standard InChI is InChI=1S/C20H19NO4S/c1-26-17-10-6-15(7-11-17)20(24)25-13-18(22)14-4-8-16(9-5-14)21-12-2-3-19(21)23/h4-11H,2-3,12-13H2,1H3. The molecule has 1 aliphatic rings. The van der Waals surface area contributed by atoms with Gasteiger partial charge in [-0.2, -0.15) is 0 Å². The molecule has 134 valence electrons. The van der Waals surface area contributed by atoms with Gasteiger partial charge in [0.05, 0.1) is 5.56 Å². The van der Waals surface area contributed by atoms with Crippen molar-refractivity contribution in [3.63, 3.8) is 0 Å². The molecule has 0 spiro atoms. The van der Waals surface area contributed by atoms with E-state index >= 15 is 0 Å². The minimum Gasteiger partial charge on any atom is -0.454 e. The van der Waals surface area contributed by atoms with Crippen LogP contribution in [0.3, 0.4) is 0 Å². The van der Waals surface area contributed by atoms with Gasteiger partial charge in [0, 0.05) is 29.1 Å². The number of ether oxygens (including phenoxy) is 1. The highest BCUT2D eigenvalue weighted by atomic mass is 32.2. The lowest BCUT2D eigenvalue weighted by molar-refractivity contribution is -0.117. The van der Waals surface area contributed by atoms with Crippen molar-refractivity contribution in [2.45, 2.75) is 17.7 Å². The molecule has 5 nitrogen and oxygen atoms in total. The van der Waals surface area contributed by atoms with Crippen LogP contribution in [0.2, 0.25) is 0 Å². The first kappa shape index (κ1) is 18.2. The van der Waals surface area contributed by atoms with Gasteiger partial charge in [0.15, 0.2) is 12.4 Å². The Morgan fingerprint density at radius 3 is 2.27 bits per heavy atom. The highest BCUT2D eigenvalue weighted by Crippen LogP contribution is 2.22. The Bertz CT molecular complexity index is 815. The average Bonchev–Trinajstić information content (AvgIpc) is 3.12. The third-order valence-electron chi connectivity index (χ3n) is 4.23. The number of thioether (sulfide) groups is 1. The minimum absolute atomic E-state index is 0.102. The van der Waals surface area contributed by atoms with Crippen molar-refractivity contribution < 1.29 is 19.1 Å². The van der Waals surface area contributed by atoms with Gasteiger partial charge in [-0.15, -0.1) is 11.8 Å². The van der Waals surface area contributed by atoms with E-state index in [4.69, 9.17) is 4.74 Å². The van der Waals surface area contributed by atoms with Gasteiger partial charge in [0.2, 0.25) is 5.91 Å². The lowest BCUT2D eigenvalue weighted by Crippen LogP contribution is -2.23. The summed E-state index contributed by atoms with van der Waals surface area (Å²) in [5.41, 5.74) is 1.65. The largest absolute Gasteiger partial charge is 0.454 e. The van der Waals surface area contributed by atoms with E-state index in [9.17, 15) is 14.4 Å². The van der Waals surface area contributed by atoms with Gasteiger partial charge in [-0.25, -0.2) is 4.79 Å². The Morgan fingerprint density at radius 2 is 1.69 bits per heavy atom. The molecular formula is C20H19NO4S. The predicted molar refractivity (Wildman–Crippen MR) is 101 cm³/mol. The van der Waals surface area contributed by atoms with Crippen LogP contribution in [0.4, 0.5) is 5.69 Å². The topological polar surface area (TPSA) is 63.7 Å². The van der Waals surface area contributed by atoms with E-state index in [1.165, 1.54) is 0 Å². The molecule has 6 heteroatoms. The molecule has 0 atom stereocenters. The maximum atomic E-state index is 12.2. The third kappa shape index (κ3) is 4.14. The molecule has 0 saturated carbocycles. The summed E-state index contributed by atoms with van der Waals surface area (Å²) in [6, 6.07) is 13.8. The molecular weight excluding hydrogens is 350 g/mol. The second-order valence-electron chi connectivity index (χ2n) is 5.92. The van der Waals surface area contributed by atoms with E-state index < -0.39 is 5.97 Å². The molecule has 1 fully saturated rings. The zero-order chi connectivity index (χ0) is 18.5. The SMILES string of the molecule is CSc1ccc(C(=O)OCC(=O)c2ccc(N3CCCC3=O)cc2)cc1. The molecule has 3 rings (SSSR count). The number of benzene rings is 2. The van der Waals surface area contributed by atoms with Crippen molar-refractivity contribution in [1.82, 2.24) is 0 Å². The summed E-state index contributed by atoms with van der Waals surface area (Å²) in [6.07, 6.45) is 3.37. The summed E-state index contributed by atoms with van der Waals surface area (Å²) < 4.78 is 5.11. The quantitative estimate of drug-likeness (QED) is 0.442. The number of carbonyl (C=O) groups is 3. The van der Waals surface area contributed by atoms with Gasteiger partial charge in [0.25, 0.3) is 0 Å². The van der Waals surface area contributed by atoms with Crippen molar-refractivity contribution in [3.05, 3.63) is 59.7 Å². The smallest absolute Gasteiger partial charge is 0.338 e. The van der Waals surface area contributed by atoms with E-state index in [2.05, 4.69) is 0 Å². The number of esters is 1. The normalized spacial score (nSPS) is 13.7. The second kappa shape index (κ2) is 8.19. The summed E-state index contributed by atoms with van der Waals surface area (Å²) in [6.45, 7) is 0.393. The number of hydrogen-bond donors (Lipinski definition) is 0. The fraction of sp³-hybridized carbons (Fsp3) is 0.250. The molecule has 0 N–H and O–H groups in total. The summed E-state index contributed by atoms with van der Waals surface area (Å²) in [4.78, 5) is 38.7. The van der Waals surface area contributed by atoms with E-state index in [-0.39, 0.29) is 18.3 Å². The Hall–Kier alpha value is -2.60. The van der Waals surface area contributed by atoms with Crippen molar-refractivity contribution in [2.75, 3.05) is 24.3 Å². The number of hydrogen-bond acceptors (Lipinski definition) is 5. The molecule has 0 radical (unpaired) electrons. The van der Waals surface area contributed by atoms with Crippen LogP contribution in [0.1, 0.15) is 33.6 Å². The van der Waals surface area contributed by atoms with Crippen molar-refractivity contribution in [2.24, 2.45) is 0 Å². The zero-order valence-electron chi connectivity index (χ0n) is 14.4. The van der Waals surface area contributed by atoms with Crippen molar-refractivity contribution in [3.8, 4) is 0 Å². The first-order chi connectivity index (χ1) is 12.6. The van der Waals surface area contributed by atoms with Gasteiger partial charge >= 0.3 is 5.97 Å². The van der Waals surface area contributed by atoms with Gasteiger partial charge in [0.1, 0.15) is 0 Å². The molecule has 0 unspecified atom stereocenters. The molecule has 0 aromatic heterocycles. The average molecular weight is 369 g/mol. The van der Waals surface area contributed by atoms with Gasteiger partial charge in [-0.1, -0.05) is 0 Å². The maximum Gasteiger partial charge on any atom is 0.338 e. The Balaban J connectivity index is 1.57. The van der Waals surface area contributed by atoms with Gasteiger partial charge in [-0.05, 0) is 61.2 Å². The van der Waals surface area contributed by atoms with Crippen LogP contribution in [0.25, 0.3) is 0 Å². The molecule has 0 bridgehead atoms. The highest BCUT2D eigenvalue weighted by Gasteiger charge is 2.21. The first-order valence-corrected chi connectivity index (χ1v) is 9.56. The van der Waals surface area contributed by atoms with E-state index in [0.717, 1.165) is 17.0 Å². The molecule has 0 aliphatic carbocycles. The number of nitrogens with zero attached hydrogens (tertiary/aromatic N) is 1. The first-order valence-electron chi connectivity index (χ1n) is 8.33. The number of amides is 1. The monoisotopic (exact) mass is 369 g/mol. The number of ketones is 1. The molecule has 1 aliphatic heterocycles. The van der Waals surface area contributed by atoms with E-state index in [1.54, 1.807) is 53.1 Å². The van der Waals surface area contributed by atoms with Crippen molar-refractivity contribution >= 4 is 35.1 Å². The van der Waals surface area contributed by atoms with Crippen LogP contribution in [-0.4, -0.2) is 37.1 Å². The van der Waals surface area contributed by atoms with Gasteiger partial charge in [-0.3, -0.25) is 9.59 Å². The summed E-state index contributed by atoms with van der Waals surface area (Å²) in [5.74, 6) is -0.700. The summed E-state index contributed by atoms with van der Waals surface area (Å²) in [5, 5.41) is 0. The lowest BCUT2D eigenvalue weighted by Gasteiger charge is -2.15. The van der Waals surface area contributed by atoms with Crippen LogP contribution in [0, 0.1) is 0 Å². The number of rotatable bonds is 6. The Morgan fingerprint density at radius 1 is 1.04 bits per heavy atom. The zero-order valence-corrected chi connectivity index (χ0v) is 15.3. The van der Waals surface area contributed by atoms with E-state index in [1.807, 2.05) is 18.4 Å². The molecule has 26 heavy (non-hydrogen) atoms. The maximum absolute atomic E-state index is 12.2. The van der Waals surface area contributed by atoms with Crippen LogP contribution >= 0.6 is 11.8 Å². The summed E-state index contributed by atoms with van der Waals surface area (Å²) >= 11 is 1.58. The van der Waals surface area contributed by atoms with Crippen LogP contribution in [0.5, 0.6) is 0 Å². The molecule has 1 amide bonds. The fourth-order valence-electron chi connectivity index (χ4n) is 2.77. The Labute approximate surface area is 156 Å². The summed E-state index contributed by atoms with van der Waals surface area (Å²) in [7, 11) is 0. The molecule has 2 aromatic rings. The van der Waals surface area contributed by atoms with E-state index in [0.29, 0.717) is 24.1 Å². The molecule has 1 saturated heterocycles. The van der Waals surface area contributed by atoms with Crippen LogP contribution in [-0.2, 0) is 9.53 Å². The van der Waals surface area contributed by atoms with Crippen LogP contribution < -0.4 is 4.90 Å². The number of carbonyl (C=O) groups excluding carboxylic acids is 3. The van der Waals surface area contributed by atoms with Crippen LogP contribution in [0.15, 0.2) is 53.4 Å². The fourth-order valence-corrected chi connectivity index (χ4v) is 3.18. The second-order valence-corrected chi connectivity index (χ2v) is 6.80. The lowest BCUT2D eigenvalue weighted by atomic mass is 10.1. The minimum atomic E-state index is -0.523.